The van der Waals surface area contributed by atoms with Gasteiger partial charge < -0.3 is 19.5 Å². The molecule has 0 spiro atoms. The number of nitrogens with zero attached hydrogens (tertiary/aromatic N) is 2. The first-order valence-corrected chi connectivity index (χ1v) is 11.6. The zero-order chi connectivity index (χ0) is 20.6. The fourth-order valence-electron chi connectivity index (χ4n) is 3.52. The van der Waals surface area contributed by atoms with Crippen molar-refractivity contribution >= 4 is 16.7 Å². The second-order valence-corrected chi connectivity index (χ2v) is 8.83. The molecule has 7 heteroatoms. The van der Waals surface area contributed by atoms with Gasteiger partial charge in [-0.15, -0.1) is 0 Å². The van der Waals surface area contributed by atoms with Gasteiger partial charge in [0, 0.05) is 37.6 Å². The van der Waals surface area contributed by atoms with Gasteiger partial charge in [-0.25, -0.2) is 0 Å². The van der Waals surface area contributed by atoms with Gasteiger partial charge in [0.1, 0.15) is 5.76 Å². The summed E-state index contributed by atoms with van der Waals surface area (Å²) < 4.78 is 18.2. The number of aryl methyl sites for hydroxylation is 1. The fourth-order valence-corrected chi connectivity index (χ4v) is 4.74. The SMILES string of the molecule is CCN1CCN(CCCNC(=O)c2ccc(C[S@](=O)c3ccccc3C)o2)CC1. The van der Waals surface area contributed by atoms with Crippen LogP contribution in [-0.4, -0.2) is 65.7 Å². The van der Waals surface area contributed by atoms with Crippen molar-refractivity contribution in [3.8, 4) is 0 Å². The minimum atomic E-state index is -1.19. The lowest BCUT2D eigenvalue weighted by Crippen LogP contribution is -2.46. The summed E-state index contributed by atoms with van der Waals surface area (Å²) in [7, 11) is -1.19. The zero-order valence-electron chi connectivity index (χ0n) is 17.4. The molecule has 2 heterocycles. The maximum Gasteiger partial charge on any atom is 0.286 e. The average Bonchev–Trinajstić information content (AvgIpc) is 3.20. The number of furan rings is 1. The number of rotatable bonds is 9. The van der Waals surface area contributed by atoms with Gasteiger partial charge in [-0.05, 0) is 50.2 Å². The highest BCUT2D eigenvalue weighted by Gasteiger charge is 2.16. The Bertz CT molecular complexity index is 828. The molecule has 6 nitrogen and oxygen atoms in total. The Kier molecular flexibility index (Phi) is 8.03. The van der Waals surface area contributed by atoms with Gasteiger partial charge in [0.25, 0.3) is 5.91 Å². The van der Waals surface area contributed by atoms with Crippen molar-refractivity contribution in [1.29, 1.82) is 0 Å². The number of likely N-dealkylation sites (N-methyl/N-ethyl adjacent to an activating group) is 1. The lowest BCUT2D eigenvalue weighted by Gasteiger charge is -2.33. The number of carbonyl (C=O) groups is 1. The molecule has 0 aliphatic carbocycles. The van der Waals surface area contributed by atoms with E-state index in [1.54, 1.807) is 12.1 Å². The predicted molar refractivity (Wildman–Crippen MR) is 116 cm³/mol. The van der Waals surface area contributed by atoms with E-state index in [4.69, 9.17) is 4.42 Å². The Balaban J connectivity index is 1.40. The molecule has 1 aliphatic rings. The van der Waals surface area contributed by atoms with E-state index < -0.39 is 10.8 Å². The van der Waals surface area contributed by atoms with E-state index in [0.29, 0.717) is 12.3 Å². The van der Waals surface area contributed by atoms with Crippen LogP contribution in [0.3, 0.4) is 0 Å². The Morgan fingerprint density at radius 3 is 2.55 bits per heavy atom. The third kappa shape index (κ3) is 6.26. The summed E-state index contributed by atoms with van der Waals surface area (Å²) in [6, 6.07) is 11.0. The van der Waals surface area contributed by atoms with E-state index in [2.05, 4.69) is 22.0 Å². The van der Waals surface area contributed by atoms with E-state index in [1.807, 2.05) is 31.2 Å². The number of hydrogen-bond donors (Lipinski definition) is 1. The van der Waals surface area contributed by atoms with Gasteiger partial charge in [-0.2, -0.15) is 0 Å². The highest BCUT2D eigenvalue weighted by atomic mass is 32.2. The molecule has 1 aromatic heterocycles. The van der Waals surface area contributed by atoms with Crippen LogP contribution in [0, 0.1) is 6.92 Å². The van der Waals surface area contributed by atoms with Crippen molar-refractivity contribution in [2.24, 2.45) is 0 Å². The molecule has 158 valence electrons. The van der Waals surface area contributed by atoms with Crippen molar-refractivity contribution in [2.75, 3.05) is 45.8 Å². The quantitative estimate of drug-likeness (QED) is 0.636. The number of carbonyl (C=O) groups excluding carboxylic acids is 1. The molecule has 1 aromatic carbocycles. The average molecular weight is 418 g/mol. The number of nitrogens with one attached hydrogen (secondary N) is 1. The molecule has 1 fully saturated rings. The van der Waals surface area contributed by atoms with Gasteiger partial charge >= 0.3 is 0 Å². The topological polar surface area (TPSA) is 65.8 Å². The van der Waals surface area contributed by atoms with E-state index in [-0.39, 0.29) is 17.4 Å². The largest absolute Gasteiger partial charge is 0.455 e. The maximum atomic E-state index is 12.6. The Morgan fingerprint density at radius 2 is 1.83 bits per heavy atom. The molecule has 0 unspecified atom stereocenters. The zero-order valence-corrected chi connectivity index (χ0v) is 18.2. The van der Waals surface area contributed by atoms with E-state index in [1.165, 1.54) is 0 Å². The van der Waals surface area contributed by atoms with Gasteiger partial charge in [0.15, 0.2) is 5.76 Å². The summed E-state index contributed by atoms with van der Waals surface area (Å²) in [6.45, 7) is 11.3. The fraction of sp³-hybridized carbons (Fsp3) is 0.500. The van der Waals surface area contributed by atoms with Crippen LogP contribution >= 0.6 is 0 Å². The van der Waals surface area contributed by atoms with Crippen LogP contribution in [0.4, 0.5) is 0 Å². The standard InChI is InChI=1S/C22H31N3O3S/c1-3-24-13-15-25(16-14-24)12-6-11-23-22(26)20-10-9-19(28-20)17-29(27)21-8-5-4-7-18(21)2/h4-5,7-10H,3,6,11-17H2,1-2H3,(H,23,26)/t29-/m0/s1. The van der Waals surface area contributed by atoms with Crippen molar-refractivity contribution in [1.82, 2.24) is 15.1 Å². The van der Waals surface area contributed by atoms with Crippen LogP contribution < -0.4 is 5.32 Å². The molecule has 0 bridgehead atoms. The van der Waals surface area contributed by atoms with Crippen LogP contribution in [0.5, 0.6) is 0 Å². The smallest absolute Gasteiger partial charge is 0.286 e. The number of amides is 1. The van der Waals surface area contributed by atoms with Crippen LogP contribution in [-0.2, 0) is 16.6 Å². The number of hydrogen-bond acceptors (Lipinski definition) is 5. The number of piperazine rings is 1. The molecule has 0 radical (unpaired) electrons. The summed E-state index contributed by atoms with van der Waals surface area (Å²) in [4.78, 5) is 18.0. The third-order valence-electron chi connectivity index (χ3n) is 5.35. The van der Waals surface area contributed by atoms with E-state index in [0.717, 1.165) is 56.1 Å². The molecule has 1 saturated heterocycles. The molecule has 0 saturated carbocycles. The summed E-state index contributed by atoms with van der Waals surface area (Å²) in [5.74, 6) is 0.889. The molecule has 3 rings (SSSR count). The minimum Gasteiger partial charge on any atom is -0.455 e. The normalized spacial score (nSPS) is 16.6. The first-order valence-electron chi connectivity index (χ1n) is 10.3. The highest BCUT2D eigenvalue weighted by Crippen LogP contribution is 2.18. The number of benzene rings is 1. The molecular formula is C22H31N3O3S. The Labute approximate surface area is 175 Å². The lowest BCUT2D eigenvalue weighted by atomic mass is 10.2. The predicted octanol–water partition coefficient (Wildman–Crippen LogP) is 2.65. The molecular weight excluding hydrogens is 386 g/mol. The van der Waals surface area contributed by atoms with Crippen molar-refractivity contribution in [3.63, 3.8) is 0 Å². The van der Waals surface area contributed by atoms with E-state index >= 15 is 0 Å². The highest BCUT2D eigenvalue weighted by molar-refractivity contribution is 7.84. The third-order valence-corrected chi connectivity index (χ3v) is 6.84. The Hall–Kier alpha value is -1.96. The Morgan fingerprint density at radius 1 is 1.10 bits per heavy atom. The minimum absolute atomic E-state index is 0.214. The van der Waals surface area contributed by atoms with Crippen molar-refractivity contribution in [3.05, 3.63) is 53.5 Å². The van der Waals surface area contributed by atoms with Crippen molar-refractivity contribution < 1.29 is 13.4 Å². The maximum absolute atomic E-state index is 12.6. The van der Waals surface area contributed by atoms with Crippen LogP contribution in [0.1, 0.15) is 35.2 Å². The second-order valence-electron chi connectivity index (χ2n) is 7.41. The van der Waals surface area contributed by atoms with Crippen molar-refractivity contribution in [2.45, 2.75) is 30.9 Å². The van der Waals surface area contributed by atoms with Crippen LogP contribution in [0.2, 0.25) is 0 Å². The first-order chi connectivity index (χ1) is 14.1. The molecule has 2 aromatic rings. The van der Waals surface area contributed by atoms with Gasteiger partial charge in [0.05, 0.1) is 16.6 Å². The second kappa shape index (κ2) is 10.7. The molecule has 1 atom stereocenters. The summed E-state index contributed by atoms with van der Waals surface area (Å²) in [6.07, 6.45) is 0.919. The van der Waals surface area contributed by atoms with Crippen LogP contribution in [0.25, 0.3) is 0 Å². The molecule has 29 heavy (non-hydrogen) atoms. The summed E-state index contributed by atoms with van der Waals surface area (Å²) in [5, 5.41) is 2.92. The first kappa shape index (κ1) is 21.7. The molecule has 1 N–H and O–H groups in total. The summed E-state index contributed by atoms with van der Waals surface area (Å²) in [5.41, 5.74) is 0.992. The van der Waals surface area contributed by atoms with E-state index in [9.17, 15) is 9.00 Å². The van der Waals surface area contributed by atoms with Gasteiger partial charge in [0.2, 0.25) is 0 Å². The molecule has 1 amide bonds. The summed E-state index contributed by atoms with van der Waals surface area (Å²) >= 11 is 0. The molecule has 1 aliphatic heterocycles. The van der Waals surface area contributed by atoms with Gasteiger partial charge in [-0.3, -0.25) is 9.00 Å². The van der Waals surface area contributed by atoms with Gasteiger partial charge in [-0.1, -0.05) is 25.1 Å². The monoisotopic (exact) mass is 417 g/mol. The lowest BCUT2D eigenvalue weighted by molar-refractivity contribution is 0.0919. The van der Waals surface area contributed by atoms with Crippen LogP contribution in [0.15, 0.2) is 45.7 Å².